The molecule has 1 fully saturated rings. The molecule has 4 rings (SSSR count). The molecular weight excluding hydrogens is 372 g/mol. The van der Waals surface area contributed by atoms with E-state index in [0.29, 0.717) is 13.2 Å². The first-order valence-electron chi connectivity index (χ1n) is 10.2. The van der Waals surface area contributed by atoms with Crippen LogP contribution in [0.15, 0.2) is 36.4 Å². The molecule has 0 bridgehead atoms. The van der Waals surface area contributed by atoms with E-state index in [-0.39, 0.29) is 0 Å². The number of fused-ring (bicyclic) bond motifs is 1. The number of β-amino-alcohol motifs (C(OH)–C–C–N with tert-alkyl or cyclic N) is 1. The third kappa shape index (κ3) is 4.62. The van der Waals surface area contributed by atoms with Gasteiger partial charge in [-0.1, -0.05) is 23.7 Å². The summed E-state index contributed by atoms with van der Waals surface area (Å²) in [4.78, 5) is 4.69. The zero-order chi connectivity index (χ0) is 19.5. The van der Waals surface area contributed by atoms with Crippen LogP contribution in [0.25, 0.3) is 0 Å². The van der Waals surface area contributed by atoms with E-state index in [9.17, 15) is 5.11 Å². The minimum absolute atomic E-state index is 0.340. The summed E-state index contributed by atoms with van der Waals surface area (Å²) in [6, 6.07) is 12.4. The quantitative estimate of drug-likeness (QED) is 0.802. The molecule has 1 aliphatic heterocycles. The molecule has 1 atom stereocenters. The van der Waals surface area contributed by atoms with Gasteiger partial charge in [-0.25, -0.2) is 0 Å². The van der Waals surface area contributed by atoms with E-state index in [0.717, 1.165) is 43.4 Å². The van der Waals surface area contributed by atoms with Crippen molar-refractivity contribution in [1.82, 2.24) is 4.90 Å². The summed E-state index contributed by atoms with van der Waals surface area (Å²) in [5.74, 6) is 0.876. The van der Waals surface area contributed by atoms with E-state index >= 15 is 0 Å². The second kappa shape index (κ2) is 8.73. The molecule has 2 aliphatic rings. The molecule has 150 valence electrons. The van der Waals surface area contributed by atoms with Gasteiger partial charge in [0.05, 0.1) is 0 Å². The number of aliphatic hydroxyl groups excluding tert-OH is 1. The van der Waals surface area contributed by atoms with Gasteiger partial charge in [0.25, 0.3) is 0 Å². The smallest absolute Gasteiger partial charge is 0.119 e. The van der Waals surface area contributed by atoms with Gasteiger partial charge in [0.2, 0.25) is 0 Å². The summed E-state index contributed by atoms with van der Waals surface area (Å²) in [5.41, 5.74) is 5.31. The number of aryl methyl sites for hydroxylation is 3. The first kappa shape index (κ1) is 19.6. The van der Waals surface area contributed by atoms with Crippen LogP contribution in [0.4, 0.5) is 5.69 Å². The molecule has 28 heavy (non-hydrogen) atoms. The normalized spacial score (nSPS) is 18.2. The highest BCUT2D eigenvalue weighted by Crippen LogP contribution is 2.27. The average Bonchev–Trinajstić information content (AvgIpc) is 3.17. The van der Waals surface area contributed by atoms with E-state index in [1.165, 1.54) is 35.2 Å². The molecule has 1 saturated heterocycles. The first-order valence-corrected chi connectivity index (χ1v) is 10.6. The molecule has 0 aromatic heterocycles. The molecule has 0 amide bonds. The van der Waals surface area contributed by atoms with Crippen LogP contribution >= 0.6 is 11.6 Å². The van der Waals surface area contributed by atoms with Crippen molar-refractivity contribution in [2.45, 2.75) is 32.3 Å². The van der Waals surface area contributed by atoms with Crippen molar-refractivity contribution in [3.63, 3.8) is 0 Å². The van der Waals surface area contributed by atoms with Crippen molar-refractivity contribution >= 4 is 17.3 Å². The van der Waals surface area contributed by atoms with E-state index in [1.54, 1.807) is 0 Å². The van der Waals surface area contributed by atoms with Crippen molar-refractivity contribution < 1.29 is 9.84 Å². The number of aliphatic hydroxyl groups is 1. The Hall–Kier alpha value is -1.75. The Kier molecular flexibility index (Phi) is 6.10. The summed E-state index contributed by atoms with van der Waals surface area (Å²) in [6.07, 6.45) is 3.08. The molecule has 2 aromatic carbocycles. The Bertz CT molecular complexity index is 818. The van der Waals surface area contributed by atoms with Crippen molar-refractivity contribution in [3.05, 3.63) is 58.1 Å². The van der Waals surface area contributed by atoms with Crippen molar-refractivity contribution in [3.8, 4) is 5.75 Å². The van der Waals surface area contributed by atoms with Crippen LogP contribution in [0.2, 0.25) is 5.02 Å². The number of benzene rings is 2. The number of hydrogen-bond donors (Lipinski definition) is 1. The van der Waals surface area contributed by atoms with E-state index < -0.39 is 6.10 Å². The summed E-state index contributed by atoms with van der Waals surface area (Å²) in [5, 5.41) is 11.2. The average molecular weight is 401 g/mol. The van der Waals surface area contributed by atoms with Gasteiger partial charge in [0.1, 0.15) is 18.5 Å². The van der Waals surface area contributed by atoms with Gasteiger partial charge in [-0.05, 0) is 67.1 Å². The lowest BCUT2D eigenvalue weighted by Gasteiger charge is -2.37. The molecule has 1 heterocycles. The fourth-order valence-corrected chi connectivity index (χ4v) is 4.44. The summed E-state index contributed by atoms with van der Waals surface area (Å²) in [7, 11) is 0. The highest BCUT2D eigenvalue weighted by atomic mass is 35.5. The molecule has 0 saturated carbocycles. The maximum Gasteiger partial charge on any atom is 0.119 e. The Morgan fingerprint density at radius 1 is 1.04 bits per heavy atom. The van der Waals surface area contributed by atoms with Gasteiger partial charge >= 0.3 is 0 Å². The predicted molar refractivity (Wildman–Crippen MR) is 115 cm³/mol. The third-order valence-electron chi connectivity index (χ3n) is 5.87. The van der Waals surface area contributed by atoms with Crippen LogP contribution in [-0.4, -0.2) is 55.4 Å². The van der Waals surface area contributed by atoms with Crippen LogP contribution in [0, 0.1) is 6.92 Å². The number of halogens is 1. The zero-order valence-corrected chi connectivity index (χ0v) is 17.3. The Balaban J connectivity index is 1.24. The minimum Gasteiger partial charge on any atom is -0.491 e. The van der Waals surface area contributed by atoms with Crippen LogP contribution < -0.4 is 9.64 Å². The lowest BCUT2D eigenvalue weighted by atomic mass is 10.1. The fourth-order valence-electron chi connectivity index (χ4n) is 4.28. The number of piperazine rings is 1. The lowest BCUT2D eigenvalue weighted by Crippen LogP contribution is -2.49. The van der Waals surface area contributed by atoms with Gasteiger partial charge in [-0.15, -0.1) is 0 Å². The highest BCUT2D eigenvalue weighted by Gasteiger charge is 2.21. The maximum atomic E-state index is 10.4. The number of anilines is 1. The van der Waals surface area contributed by atoms with E-state index in [2.05, 4.69) is 34.9 Å². The topological polar surface area (TPSA) is 35.9 Å². The molecule has 1 unspecified atom stereocenters. The van der Waals surface area contributed by atoms with Gasteiger partial charge in [0, 0.05) is 43.4 Å². The second-order valence-corrected chi connectivity index (χ2v) is 8.40. The van der Waals surface area contributed by atoms with Crippen LogP contribution in [-0.2, 0) is 12.8 Å². The van der Waals surface area contributed by atoms with Gasteiger partial charge < -0.3 is 14.7 Å². The summed E-state index contributed by atoms with van der Waals surface area (Å²) < 4.78 is 5.85. The monoisotopic (exact) mass is 400 g/mol. The lowest BCUT2D eigenvalue weighted by molar-refractivity contribution is 0.0663. The summed E-state index contributed by atoms with van der Waals surface area (Å²) >= 11 is 6.17. The molecular formula is C23H29ClN2O2. The number of hydrogen-bond acceptors (Lipinski definition) is 4. The van der Waals surface area contributed by atoms with Gasteiger partial charge in [-0.2, -0.15) is 0 Å². The standard InChI is InChI=1S/C23H29ClN2O2/c1-17-5-7-20(24)14-23(17)26-11-9-25(10-12-26)15-21(27)16-28-22-8-6-18-3-2-4-19(18)13-22/h5-8,13-14,21,27H,2-4,9-12,15-16H2,1H3. The molecule has 1 aliphatic carbocycles. The Labute approximate surface area is 172 Å². The highest BCUT2D eigenvalue weighted by molar-refractivity contribution is 6.30. The third-order valence-corrected chi connectivity index (χ3v) is 6.10. The van der Waals surface area contributed by atoms with Crippen molar-refractivity contribution in [1.29, 1.82) is 0 Å². The minimum atomic E-state index is -0.479. The van der Waals surface area contributed by atoms with Crippen LogP contribution in [0.5, 0.6) is 5.75 Å². The molecule has 4 nitrogen and oxygen atoms in total. The van der Waals surface area contributed by atoms with Crippen molar-refractivity contribution in [2.75, 3.05) is 44.2 Å². The van der Waals surface area contributed by atoms with E-state index in [1.807, 2.05) is 18.2 Å². The molecule has 2 aromatic rings. The number of ether oxygens (including phenoxy) is 1. The van der Waals surface area contributed by atoms with Gasteiger partial charge in [0.15, 0.2) is 0 Å². The molecule has 1 N–H and O–H groups in total. The SMILES string of the molecule is Cc1ccc(Cl)cc1N1CCN(CC(O)COc2ccc3c(c2)CCC3)CC1. The first-order chi connectivity index (χ1) is 13.6. The second-order valence-electron chi connectivity index (χ2n) is 7.97. The zero-order valence-electron chi connectivity index (χ0n) is 16.5. The Morgan fingerprint density at radius 2 is 1.82 bits per heavy atom. The van der Waals surface area contributed by atoms with Gasteiger partial charge in [-0.3, -0.25) is 4.90 Å². The van der Waals surface area contributed by atoms with Crippen LogP contribution in [0.3, 0.4) is 0 Å². The van der Waals surface area contributed by atoms with Crippen LogP contribution in [0.1, 0.15) is 23.1 Å². The maximum absolute atomic E-state index is 10.4. The molecule has 5 heteroatoms. The largest absolute Gasteiger partial charge is 0.491 e. The Morgan fingerprint density at radius 3 is 2.64 bits per heavy atom. The molecule has 0 spiro atoms. The summed E-state index contributed by atoms with van der Waals surface area (Å²) in [6.45, 7) is 6.86. The number of rotatable bonds is 6. The predicted octanol–water partition coefficient (Wildman–Crippen LogP) is 3.70. The fraction of sp³-hybridized carbons (Fsp3) is 0.478. The molecule has 0 radical (unpaired) electrons. The van der Waals surface area contributed by atoms with Crippen molar-refractivity contribution in [2.24, 2.45) is 0 Å². The van der Waals surface area contributed by atoms with E-state index in [4.69, 9.17) is 16.3 Å². The number of nitrogens with zero attached hydrogens (tertiary/aromatic N) is 2.